The summed E-state index contributed by atoms with van der Waals surface area (Å²) >= 11 is 5.21. The van der Waals surface area contributed by atoms with Crippen LogP contribution < -0.4 is 16.0 Å². The summed E-state index contributed by atoms with van der Waals surface area (Å²) in [6.45, 7) is 2.09. The summed E-state index contributed by atoms with van der Waals surface area (Å²) in [5, 5.41) is 2.12. The first-order valence-electron chi connectivity index (χ1n) is 5.50. The Morgan fingerprint density at radius 2 is 2.11 bits per heavy atom. The SMILES string of the molecule is COc1ccc(C(NN)c2csc(C)c2)cc1Br. The Morgan fingerprint density at radius 1 is 1.33 bits per heavy atom. The van der Waals surface area contributed by atoms with Crippen LogP contribution in [0.1, 0.15) is 22.0 Å². The predicted octanol–water partition coefficient (Wildman–Crippen LogP) is 3.38. The number of ether oxygens (including phenoxy) is 1. The maximum Gasteiger partial charge on any atom is 0.133 e. The Balaban J connectivity index is 2.36. The van der Waals surface area contributed by atoms with Crippen LogP contribution in [0.3, 0.4) is 0 Å². The second-order valence-electron chi connectivity index (χ2n) is 3.98. The normalized spacial score (nSPS) is 12.4. The molecule has 1 unspecified atom stereocenters. The quantitative estimate of drug-likeness (QED) is 0.668. The Kier molecular flexibility index (Phi) is 4.40. The minimum atomic E-state index is -0.00263. The maximum atomic E-state index is 5.67. The lowest BCUT2D eigenvalue weighted by Gasteiger charge is -2.16. The smallest absolute Gasteiger partial charge is 0.133 e. The minimum absolute atomic E-state index is 0.00263. The molecule has 0 saturated heterocycles. The molecule has 0 spiro atoms. The molecule has 96 valence electrons. The summed E-state index contributed by atoms with van der Waals surface area (Å²) in [7, 11) is 1.65. The molecule has 0 radical (unpaired) electrons. The van der Waals surface area contributed by atoms with E-state index in [1.807, 2.05) is 18.2 Å². The number of hydrogen-bond acceptors (Lipinski definition) is 4. The second kappa shape index (κ2) is 5.84. The molecular weight excluding hydrogens is 312 g/mol. The monoisotopic (exact) mass is 326 g/mol. The van der Waals surface area contributed by atoms with E-state index < -0.39 is 0 Å². The Bertz CT molecular complexity index is 542. The molecule has 0 aliphatic carbocycles. The van der Waals surface area contributed by atoms with Crippen molar-refractivity contribution in [3.63, 3.8) is 0 Å². The van der Waals surface area contributed by atoms with Gasteiger partial charge in [0.2, 0.25) is 0 Å². The number of methoxy groups -OCH3 is 1. The molecule has 0 amide bonds. The number of nitrogens with one attached hydrogen (secondary N) is 1. The van der Waals surface area contributed by atoms with Gasteiger partial charge in [-0.1, -0.05) is 6.07 Å². The predicted molar refractivity (Wildman–Crippen MR) is 78.9 cm³/mol. The van der Waals surface area contributed by atoms with E-state index in [9.17, 15) is 0 Å². The first-order chi connectivity index (χ1) is 8.65. The highest BCUT2D eigenvalue weighted by Crippen LogP contribution is 2.31. The number of rotatable bonds is 4. The van der Waals surface area contributed by atoms with Crippen molar-refractivity contribution in [2.75, 3.05) is 7.11 Å². The van der Waals surface area contributed by atoms with Crippen LogP contribution in [0.2, 0.25) is 0 Å². The van der Waals surface area contributed by atoms with Crippen molar-refractivity contribution in [1.82, 2.24) is 5.43 Å². The molecule has 0 aliphatic heterocycles. The first kappa shape index (κ1) is 13.5. The number of hydrogen-bond donors (Lipinski definition) is 2. The van der Waals surface area contributed by atoms with Crippen LogP contribution in [-0.2, 0) is 0 Å². The number of nitrogens with two attached hydrogens (primary N) is 1. The molecule has 0 saturated carbocycles. The van der Waals surface area contributed by atoms with Gasteiger partial charge in [0.15, 0.2) is 0 Å². The summed E-state index contributed by atoms with van der Waals surface area (Å²) in [5.74, 6) is 6.49. The van der Waals surface area contributed by atoms with Gasteiger partial charge in [-0.25, -0.2) is 5.43 Å². The molecule has 18 heavy (non-hydrogen) atoms. The number of halogens is 1. The van der Waals surface area contributed by atoms with Crippen LogP contribution >= 0.6 is 27.3 Å². The van der Waals surface area contributed by atoms with Gasteiger partial charge in [0.1, 0.15) is 5.75 Å². The largest absolute Gasteiger partial charge is 0.496 e. The molecule has 1 atom stereocenters. The lowest BCUT2D eigenvalue weighted by atomic mass is 10.0. The van der Waals surface area contributed by atoms with Crippen LogP contribution in [0.5, 0.6) is 5.75 Å². The molecule has 1 aromatic heterocycles. The summed E-state index contributed by atoms with van der Waals surface area (Å²) in [4.78, 5) is 1.28. The van der Waals surface area contributed by atoms with Gasteiger partial charge in [-0.05, 0) is 57.6 Å². The van der Waals surface area contributed by atoms with Crippen molar-refractivity contribution < 1.29 is 4.74 Å². The topological polar surface area (TPSA) is 47.3 Å². The molecule has 0 fully saturated rings. The fraction of sp³-hybridized carbons (Fsp3) is 0.231. The van der Waals surface area contributed by atoms with Gasteiger partial charge in [-0.3, -0.25) is 5.84 Å². The van der Waals surface area contributed by atoms with Crippen LogP contribution in [0.25, 0.3) is 0 Å². The van der Waals surface area contributed by atoms with E-state index in [1.54, 1.807) is 18.4 Å². The highest BCUT2D eigenvalue weighted by atomic mass is 79.9. The van der Waals surface area contributed by atoms with Crippen molar-refractivity contribution in [3.05, 3.63) is 50.1 Å². The lowest BCUT2D eigenvalue weighted by molar-refractivity contribution is 0.412. The van der Waals surface area contributed by atoms with Gasteiger partial charge in [0.05, 0.1) is 17.6 Å². The Morgan fingerprint density at radius 3 is 2.61 bits per heavy atom. The Labute approximate surface area is 119 Å². The fourth-order valence-electron chi connectivity index (χ4n) is 1.86. The van der Waals surface area contributed by atoms with Crippen molar-refractivity contribution in [2.45, 2.75) is 13.0 Å². The van der Waals surface area contributed by atoms with E-state index in [2.05, 4.69) is 39.7 Å². The Hall–Kier alpha value is -0.880. The standard InChI is InChI=1S/C13H15BrN2OS/c1-8-5-10(7-18-8)13(16-15)9-3-4-12(17-2)11(14)6-9/h3-7,13,16H,15H2,1-2H3. The number of aryl methyl sites for hydroxylation is 1. The minimum Gasteiger partial charge on any atom is -0.496 e. The first-order valence-corrected chi connectivity index (χ1v) is 7.17. The zero-order valence-corrected chi connectivity index (χ0v) is 12.6. The molecule has 3 N–H and O–H groups in total. The number of benzene rings is 1. The van der Waals surface area contributed by atoms with Gasteiger partial charge in [-0.2, -0.15) is 0 Å². The van der Waals surface area contributed by atoms with Crippen molar-refractivity contribution in [2.24, 2.45) is 5.84 Å². The highest BCUT2D eigenvalue weighted by molar-refractivity contribution is 9.10. The fourth-order valence-corrected chi connectivity index (χ4v) is 3.15. The molecule has 3 nitrogen and oxygen atoms in total. The van der Waals surface area contributed by atoms with Gasteiger partial charge in [0.25, 0.3) is 0 Å². The van der Waals surface area contributed by atoms with E-state index in [1.165, 1.54) is 10.4 Å². The lowest BCUT2D eigenvalue weighted by Crippen LogP contribution is -2.28. The van der Waals surface area contributed by atoms with E-state index in [0.717, 1.165) is 15.8 Å². The average Bonchev–Trinajstić information content (AvgIpc) is 2.77. The average molecular weight is 327 g/mol. The van der Waals surface area contributed by atoms with E-state index in [0.29, 0.717) is 0 Å². The maximum absolute atomic E-state index is 5.67. The van der Waals surface area contributed by atoms with Gasteiger partial charge in [0, 0.05) is 4.88 Å². The highest BCUT2D eigenvalue weighted by Gasteiger charge is 2.15. The molecule has 2 aromatic rings. The molecular formula is C13H15BrN2OS. The summed E-state index contributed by atoms with van der Waals surface area (Å²) in [5.41, 5.74) is 5.14. The second-order valence-corrected chi connectivity index (χ2v) is 5.95. The molecule has 2 rings (SSSR count). The molecule has 5 heteroatoms. The van der Waals surface area contributed by atoms with Crippen molar-refractivity contribution >= 4 is 27.3 Å². The number of hydrazine groups is 1. The third-order valence-electron chi connectivity index (χ3n) is 2.76. The zero-order chi connectivity index (χ0) is 13.1. The van der Waals surface area contributed by atoms with E-state index in [-0.39, 0.29) is 6.04 Å². The molecule has 0 bridgehead atoms. The zero-order valence-electron chi connectivity index (χ0n) is 10.2. The third kappa shape index (κ3) is 2.75. The summed E-state index contributed by atoms with van der Waals surface area (Å²) in [6, 6.07) is 8.12. The van der Waals surface area contributed by atoms with Gasteiger partial charge in [-0.15, -0.1) is 11.3 Å². The van der Waals surface area contributed by atoms with E-state index in [4.69, 9.17) is 10.6 Å². The van der Waals surface area contributed by atoms with Gasteiger partial charge >= 0.3 is 0 Å². The molecule has 1 aromatic carbocycles. The van der Waals surface area contributed by atoms with Crippen LogP contribution in [0, 0.1) is 6.92 Å². The van der Waals surface area contributed by atoms with Crippen LogP contribution in [-0.4, -0.2) is 7.11 Å². The summed E-state index contributed by atoms with van der Waals surface area (Å²) < 4.78 is 6.15. The van der Waals surface area contributed by atoms with Crippen molar-refractivity contribution in [3.8, 4) is 5.75 Å². The molecule has 0 aliphatic rings. The molecule has 1 heterocycles. The van der Waals surface area contributed by atoms with Crippen LogP contribution in [0.15, 0.2) is 34.1 Å². The number of thiophene rings is 1. The van der Waals surface area contributed by atoms with Crippen LogP contribution in [0.4, 0.5) is 0 Å². The van der Waals surface area contributed by atoms with E-state index >= 15 is 0 Å². The van der Waals surface area contributed by atoms with Gasteiger partial charge < -0.3 is 4.74 Å². The third-order valence-corrected chi connectivity index (χ3v) is 4.26. The van der Waals surface area contributed by atoms with Crippen molar-refractivity contribution in [1.29, 1.82) is 0 Å². The summed E-state index contributed by atoms with van der Waals surface area (Å²) in [6.07, 6.45) is 0.